The number of aromatic hydroxyl groups is 1. The van der Waals surface area contributed by atoms with Gasteiger partial charge in [-0.15, -0.1) is 11.3 Å². The summed E-state index contributed by atoms with van der Waals surface area (Å²) in [5, 5.41) is 12.3. The monoisotopic (exact) mass is 323 g/mol. The molecule has 1 heterocycles. The van der Waals surface area contributed by atoms with Gasteiger partial charge in [0.1, 0.15) is 5.75 Å². The Labute approximate surface area is 131 Å². The highest BCUT2D eigenvalue weighted by Crippen LogP contribution is 2.25. The first-order chi connectivity index (χ1) is 9.95. The van der Waals surface area contributed by atoms with Gasteiger partial charge in [0.05, 0.1) is 10.0 Å². The Hall–Kier alpha value is -1.85. The Morgan fingerprint density at radius 3 is 2.67 bits per heavy atom. The molecule has 1 aromatic carbocycles. The number of phenolic OH excluding ortho intramolecular Hbond substituents is 1. The molecular weight excluding hydrogens is 310 g/mol. The van der Waals surface area contributed by atoms with Crippen molar-refractivity contribution in [2.24, 2.45) is 0 Å². The van der Waals surface area contributed by atoms with E-state index in [1.807, 2.05) is 6.07 Å². The van der Waals surface area contributed by atoms with Crippen LogP contribution in [0, 0.1) is 0 Å². The van der Waals surface area contributed by atoms with Crippen molar-refractivity contribution in [3.8, 4) is 5.75 Å². The van der Waals surface area contributed by atoms with Crippen molar-refractivity contribution >= 4 is 40.3 Å². The van der Waals surface area contributed by atoms with Crippen LogP contribution in [0.3, 0.4) is 0 Å². The fraction of sp³-hybridized carbons (Fsp3) is 0.200. The topological polar surface area (TPSA) is 66.4 Å². The number of carbonyl (C=O) groups excluding carboxylic acids is 2. The van der Waals surface area contributed by atoms with Crippen molar-refractivity contribution in [1.29, 1.82) is 0 Å². The third-order valence-electron chi connectivity index (χ3n) is 2.90. The van der Waals surface area contributed by atoms with Gasteiger partial charge in [0, 0.05) is 16.9 Å². The number of thiophene rings is 1. The predicted octanol–water partition coefficient (Wildman–Crippen LogP) is 3.88. The summed E-state index contributed by atoms with van der Waals surface area (Å²) in [6.07, 6.45) is 0.858. The van der Waals surface area contributed by atoms with Crippen LogP contribution in [-0.4, -0.2) is 16.8 Å². The van der Waals surface area contributed by atoms with Gasteiger partial charge in [-0.05, 0) is 43.7 Å². The molecule has 0 bridgehead atoms. The van der Waals surface area contributed by atoms with E-state index in [0.717, 1.165) is 4.88 Å². The zero-order valence-corrected chi connectivity index (χ0v) is 12.9. The lowest BCUT2D eigenvalue weighted by Gasteiger charge is -2.08. The average molecular weight is 324 g/mol. The second-order valence-electron chi connectivity index (χ2n) is 4.54. The highest BCUT2D eigenvalue weighted by molar-refractivity contribution is 7.16. The number of rotatable bonds is 5. The summed E-state index contributed by atoms with van der Waals surface area (Å²) in [6, 6.07) is 8.06. The molecule has 4 nitrogen and oxygen atoms in total. The van der Waals surface area contributed by atoms with Crippen LogP contribution in [0.25, 0.3) is 0 Å². The Balaban J connectivity index is 1.99. The molecule has 0 radical (unpaired) electrons. The maximum atomic E-state index is 11.9. The van der Waals surface area contributed by atoms with Gasteiger partial charge in [0.2, 0.25) is 5.91 Å². The van der Waals surface area contributed by atoms with E-state index >= 15 is 0 Å². The Kier molecular flexibility index (Phi) is 4.98. The number of amides is 1. The minimum atomic E-state index is -0.226. The molecule has 0 atom stereocenters. The molecule has 6 heteroatoms. The van der Waals surface area contributed by atoms with Crippen molar-refractivity contribution in [2.45, 2.75) is 19.8 Å². The fourth-order valence-corrected chi connectivity index (χ4v) is 2.88. The summed E-state index contributed by atoms with van der Waals surface area (Å²) in [6.45, 7) is 1.43. The molecule has 0 unspecified atom stereocenters. The highest BCUT2D eigenvalue weighted by Gasteiger charge is 2.10. The summed E-state index contributed by atoms with van der Waals surface area (Å²) >= 11 is 7.26. The van der Waals surface area contributed by atoms with Crippen molar-refractivity contribution in [3.05, 3.63) is 45.1 Å². The average Bonchev–Trinajstić information content (AvgIpc) is 2.84. The number of anilines is 1. The molecule has 0 saturated carbocycles. The second-order valence-corrected chi connectivity index (χ2v) is 6.34. The third-order valence-corrected chi connectivity index (χ3v) is 4.20. The molecule has 1 amide bonds. The van der Waals surface area contributed by atoms with Crippen LogP contribution in [-0.2, 0) is 11.2 Å². The molecule has 0 aliphatic rings. The first kappa shape index (κ1) is 15.5. The van der Waals surface area contributed by atoms with Gasteiger partial charge >= 0.3 is 0 Å². The number of Topliss-reactive ketones (excluding diaryl/α,β-unsaturated/α-hetero) is 1. The van der Waals surface area contributed by atoms with Gasteiger partial charge < -0.3 is 10.4 Å². The number of phenols is 1. The van der Waals surface area contributed by atoms with Crippen LogP contribution in [0.5, 0.6) is 5.75 Å². The normalized spacial score (nSPS) is 10.4. The number of ketones is 1. The summed E-state index contributed by atoms with van der Waals surface area (Å²) in [5.74, 6) is -0.415. The van der Waals surface area contributed by atoms with Gasteiger partial charge in [-0.1, -0.05) is 11.6 Å². The predicted molar refractivity (Wildman–Crippen MR) is 84.4 cm³/mol. The van der Waals surface area contributed by atoms with Crippen LogP contribution >= 0.6 is 22.9 Å². The number of hydrogen-bond acceptors (Lipinski definition) is 4. The summed E-state index contributed by atoms with van der Waals surface area (Å²) in [7, 11) is 0. The zero-order chi connectivity index (χ0) is 15.4. The van der Waals surface area contributed by atoms with E-state index in [9.17, 15) is 14.7 Å². The van der Waals surface area contributed by atoms with Gasteiger partial charge in [-0.25, -0.2) is 0 Å². The standard InChI is InChI=1S/C15H14ClNO3S/c1-9(18)10-2-5-13(19)12(8-10)17-15(20)7-4-11-3-6-14(16)21-11/h2-3,5-6,8,19H,4,7H2,1H3,(H,17,20). The summed E-state index contributed by atoms with van der Waals surface area (Å²) < 4.78 is 0.692. The molecule has 110 valence electrons. The number of hydrogen-bond donors (Lipinski definition) is 2. The maximum Gasteiger partial charge on any atom is 0.224 e. The zero-order valence-electron chi connectivity index (χ0n) is 11.4. The number of benzene rings is 1. The number of carbonyl (C=O) groups is 2. The molecule has 2 N–H and O–H groups in total. The van der Waals surface area contributed by atoms with E-state index in [2.05, 4.69) is 5.32 Å². The van der Waals surface area contributed by atoms with E-state index in [4.69, 9.17) is 11.6 Å². The van der Waals surface area contributed by atoms with Crippen molar-refractivity contribution in [2.75, 3.05) is 5.32 Å². The van der Waals surface area contributed by atoms with E-state index < -0.39 is 0 Å². The van der Waals surface area contributed by atoms with Gasteiger partial charge in [-0.3, -0.25) is 9.59 Å². The van der Waals surface area contributed by atoms with Gasteiger partial charge in [0.15, 0.2) is 5.78 Å². The molecule has 0 aliphatic carbocycles. The first-order valence-corrected chi connectivity index (χ1v) is 7.53. The lowest BCUT2D eigenvalue weighted by molar-refractivity contribution is -0.116. The molecular formula is C15H14ClNO3S. The molecule has 2 aromatic rings. The van der Waals surface area contributed by atoms with E-state index in [-0.39, 0.29) is 29.5 Å². The lowest BCUT2D eigenvalue weighted by Crippen LogP contribution is -2.12. The van der Waals surface area contributed by atoms with Crippen LogP contribution in [0.1, 0.15) is 28.6 Å². The number of aryl methyl sites for hydroxylation is 1. The highest BCUT2D eigenvalue weighted by atomic mass is 35.5. The van der Waals surface area contributed by atoms with E-state index in [1.54, 1.807) is 6.07 Å². The first-order valence-electron chi connectivity index (χ1n) is 6.33. The van der Waals surface area contributed by atoms with Crippen molar-refractivity contribution < 1.29 is 14.7 Å². The lowest BCUT2D eigenvalue weighted by atomic mass is 10.1. The number of nitrogens with one attached hydrogen (secondary N) is 1. The van der Waals surface area contributed by atoms with Crippen LogP contribution in [0.4, 0.5) is 5.69 Å². The smallest absolute Gasteiger partial charge is 0.224 e. The van der Waals surface area contributed by atoms with Crippen molar-refractivity contribution in [3.63, 3.8) is 0 Å². The third kappa shape index (κ3) is 4.31. The van der Waals surface area contributed by atoms with Crippen LogP contribution in [0.15, 0.2) is 30.3 Å². The fourth-order valence-electron chi connectivity index (χ4n) is 1.79. The molecule has 0 aliphatic heterocycles. The Bertz CT molecular complexity index is 681. The van der Waals surface area contributed by atoms with Gasteiger partial charge in [-0.2, -0.15) is 0 Å². The molecule has 21 heavy (non-hydrogen) atoms. The van der Waals surface area contributed by atoms with Crippen LogP contribution < -0.4 is 5.32 Å². The minimum absolute atomic E-state index is 0.0625. The summed E-state index contributed by atoms with van der Waals surface area (Å²) in [5.41, 5.74) is 0.685. The summed E-state index contributed by atoms with van der Waals surface area (Å²) in [4.78, 5) is 24.2. The van der Waals surface area contributed by atoms with Crippen LogP contribution in [0.2, 0.25) is 4.34 Å². The maximum absolute atomic E-state index is 11.9. The van der Waals surface area contributed by atoms with Gasteiger partial charge in [0.25, 0.3) is 0 Å². The molecule has 0 spiro atoms. The SMILES string of the molecule is CC(=O)c1ccc(O)c(NC(=O)CCc2ccc(Cl)s2)c1. The quantitative estimate of drug-likeness (QED) is 0.648. The Morgan fingerprint density at radius 2 is 2.05 bits per heavy atom. The van der Waals surface area contributed by atoms with Crippen molar-refractivity contribution in [1.82, 2.24) is 0 Å². The largest absolute Gasteiger partial charge is 0.506 e. The molecule has 0 saturated heterocycles. The molecule has 1 aromatic heterocycles. The van der Waals surface area contributed by atoms with E-state index in [1.165, 1.54) is 36.5 Å². The van der Waals surface area contributed by atoms with E-state index in [0.29, 0.717) is 16.3 Å². The molecule has 0 fully saturated rings. The second kappa shape index (κ2) is 6.74. The number of halogens is 1. The Morgan fingerprint density at radius 1 is 1.29 bits per heavy atom. The minimum Gasteiger partial charge on any atom is -0.506 e. The molecule has 2 rings (SSSR count).